The summed E-state index contributed by atoms with van der Waals surface area (Å²) in [5.41, 5.74) is 7.08. The van der Waals surface area contributed by atoms with E-state index in [1.54, 1.807) is 0 Å². The second-order valence-electron chi connectivity index (χ2n) is 7.30. The highest BCUT2D eigenvalue weighted by molar-refractivity contribution is 5.81. The van der Waals surface area contributed by atoms with Crippen molar-refractivity contribution in [3.8, 4) is 5.75 Å². The van der Waals surface area contributed by atoms with Gasteiger partial charge in [-0.3, -0.25) is 4.79 Å². The molecule has 1 aliphatic rings. The van der Waals surface area contributed by atoms with E-state index in [1.165, 1.54) is 12.8 Å². The van der Waals surface area contributed by atoms with Gasteiger partial charge in [0, 0.05) is 0 Å². The van der Waals surface area contributed by atoms with Gasteiger partial charge in [-0.1, -0.05) is 32.9 Å². The van der Waals surface area contributed by atoms with Crippen LogP contribution in [0.1, 0.15) is 70.9 Å². The van der Waals surface area contributed by atoms with Crippen molar-refractivity contribution in [3.05, 3.63) is 29.8 Å². The molecule has 0 aliphatic heterocycles. The lowest BCUT2D eigenvalue weighted by Gasteiger charge is -2.21. The van der Waals surface area contributed by atoms with Crippen LogP contribution in [-0.2, 0) is 4.79 Å². The molecule has 0 bridgehead atoms. The molecule has 4 heteroatoms. The van der Waals surface area contributed by atoms with Gasteiger partial charge in [-0.25, -0.2) is 0 Å². The topological polar surface area (TPSA) is 64.4 Å². The zero-order valence-corrected chi connectivity index (χ0v) is 15.3. The summed E-state index contributed by atoms with van der Waals surface area (Å²) in [5, 5.41) is 3.08. The number of nitrogens with one attached hydrogen (secondary N) is 1. The van der Waals surface area contributed by atoms with Gasteiger partial charge in [0.05, 0.1) is 18.2 Å². The molecule has 2 rings (SSSR count). The maximum atomic E-state index is 12.3. The van der Waals surface area contributed by atoms with Crippen molar-refractivity contribution in [3.63, 3.8) is 0 Å². The number of carbonyl (C=O) groups excluding carboxylic acids is 1. The number of hydrogen-bond acceptors (Lipinski definition) is 3. The van der Waals surface area contributed by atoms with Crippen LogP contribution in [0.15, 0.2) is 24.3 Å². The fraction of sp³-hybridized carbons (Fsp3) is 0.650. The predicted molar refractivity (Wildman–Crippen MR) is 97.9 cm³/mol. The van der Waals surface area contributed by atoms with Gasteiger partial charge >= 0.3 is 0 Å². The first kappa shape index (κ1) is 18.8. The Morgan fingerprint density at radius 2 is 1.88 bits per heavy atom. The lowest BCUT2D eigenvalue weighted by atomic mass is 10.0. The second-order valence-corrected chi connectivity index (χ2v) is 7.30. The van der Waals surface area contributed by atoms with Gasteiger partial charge in [0.2, 0.25) is 5.91 Å². The average molecular weight is 332 g/mol. The Hall–Kier alpha value is -1.55. The first-order valence-corrected chi connectivity index (χ1v) is 9.32. The number of nitrogens with two attached hydrogens (primary N) is 1. The van der Waals surface area contributed by atoms with E-state index in [1.807, 2.05) is 24.3 Å². The van der Waals surface area contributed by atoms with E-state index < -0.39 is 6.04 Å². The monoisotopic (exact) mass is 332 g/mol. The number of rotatable bonds is 8. The third-order valence-corrected chi connectivity index (χ3v) is 4.67. The Balaban J connectivity index is 1.93. The highest BCUT2D eigenvalue weighted by atomic mass is 16.5. The zero-order chi connectivity index (χ0) is 17.5. The number of hydrogen-bond donors (Lipinski definition) is 2. The Morgan fingerprint density at radius 3 is 2.42 bits per heavy atom. The van der Waals surface area contributed by atoms with E-state index in [0.717, 1.165) is 30.6 Å². The van der Waals surface area contributed by atoms with Crippen LogP contribution in [-0.4, -0.2) is 18.1 Å². The summed E-state index contributed by atoms with van der Waals surface area (Å²) < 4.78 is 6.00. The molecular formula is C20H32N2O2. The van der Waals surface area contributed by atoms with Crippen molar-refractivity contribution in [2.75, 3.05) is 0 Å². The highest BCUT2D eigenvalue weighted by Gasteiger charge is 2.20. The smallest absolute Gasteiger partial charge is 0.237 e. The molecule has 1 fully saturated rings. The minimum atomic E-state index is -0.441. The summed E-state index contributed by atoms with van der Waals surface area (Å²) in [6.45, 7) is 6.23. The van der Waals surface area contributed by atoms with E-state index >= 15 is 0 Å². The second kappa shape index (κ2) is 9.07. The van der Waals surface area contributed by atoms with Gasteiger partial charge in [-0.15, -0.1) is 0 Å². The number of ether oxygens (including phenoxy) is 1. The highest BCUT2D eigenvalue weighted by Crippen LogP contribution is 2.26. The first-order valence-electron chi connectivity index (χ1n) is 9.32. The van der Waals surface area contributed by atoms with Crippen molar-refractivity contribution in [1.82, 2.24) is 5.32 Å². The van der Waals surface area contributed by atoms with Crippen LogP contribution in [0.4, 0.5) is 0 Å². The van der Waals surface area contributed by atoms with Gasteiger partial charge in [-0.05, 0) is 62.1 Å². The van der Waals surface area contributed by atoms with Crippen molar-refractivity contribution in [2.45, 2.75) is 77.5 Å². The molecule has 0 unspecified atom stereocenters. The average Bonchev–Trinajstić information content (AvgIpc) is 3.05. The van der Waals surface area contributed by atoms with Crippen LogP contribution >= 0.6 is 0 Å². The van der Waals surface area contributed by atoms with E-state index in [2.05, 4.69) is 26.1 Å². The van der Waals surface area contributed by atoms with E-state index in [4.69, 9.17) is 10.5 Å². The standard InChI is InChI=1S/C20H32N2O2/c1-4-19(22-20(23)18(21)13-14(2)3)15-9-11-17(12-10-15)24-16-7-5-6-8-16/h9-12,14,16,18-19H,4-8,13,21H2,1-3H3,(H,22,23)/t18-,19-/m0/s1. The fourth-order valence-electron chi connectivity index (χ4n) is 3.29. The molecule has 0 radical (unpaired) electrons. The molecule has 0 aromatic heterocycles. The molecule has 24 heavy (non-hydrogen) atoms. The van der Waals surface area contributed by atoms with Crippen LogP contribution in [0.2, 0.25) is 0 Å². The Kier molecular flexibility index (Phi) is 7.10. The fourth-order valence-corrected chi connectivity index (χ4v) is 3.29. The van der Waals surface area contributed by atoms with Crippen LogP contribution in [0.25, 0.3) is 0 Å². The maximum absolute atomic E-state index is 12.3. The van der Waals surface area contributed by atoms with E-state index in [-0.39, 0.29) is 11.9 Å². The third-order valence-electron chi connectivity index (χ3n) is 4.67. The first-order chi connectivity index (χ1) is 11.5. The summed E-state index contributed by atoms with van der Waals surface area (Å²) in [5.74, 6) is 1.27. The molecule has 3 N–H and O–H groups in total. The van der Waals surface area contributed by atoms with Crippen molar-refractivity contribution in [2.24, 2.45) is 11.7 Å². The molecule has 0 spiro atoms. The summed E-state index contributed by atoms with van der Waals surface area (Å²) in [4.78, 5) is 12.3. The molecular weight excluding hydrogens is 300 g/mol. The van der Waals surface area contributed by atoms with Gasteiger partial charge in [0.25, 0.3) is 0 Å². The summed E-state index contributed by atoms with van der Waals surface area (Å²) >= 11 is 0. The minimum absolute atomic E-state index is 0.00348. The van der Waals surface area contributed by atoms with Crippen molar-refractivity contribution >= 4 is 5.91 Å². The molecule has 4 nitrogen and oxygen atoms in total. The number of benzene rings is 1. The van der Waals surface area contributed by atoms with Crippen LogP contribution in [0.3, 0.4) is 0 Å². The quantitative estimate of drug-likeness (QED) is 0.757. The molecule has 1 aromatic rings. The lowest BCUT2D eigenvalue weighted by molar-refractivity contribution is -0.123. The summed E-state index contributed by atoms with van der Waals surface area (Å²) in [7, 11) is 0. The number of carbonyl (C=O) groups is 1. The van der Waals surface area contributed by atoms with E-state index in [9.17, 15) is 4.79 Å². The van der Waals surface area contributed by atoms with Gasteiger partial charge in [-0.2, -0.15) is 0 Å². The minimum Gasteiger partial charge on any atom is -0.490 e. The van der Waals surface area contributed by atoms with Gasteiger partial charge in [0.15, 0.2) is 0 Å². The van der Waals surface area contributed by atoms with E-state index in [0.29, 0.717) is 18.4 Å². The Labute approximate surface area is 146 Å². The van der Waals surface area contributed by atoms with Gasteiger partial charge < -0.3 is 15.8 Å². The molecule has 1 amide bonds. The largest absolute Gasteiger partial charge is 0.490 e. The van der Waals surface area contributed by atoms with Crippen molar-refractivity contribution < 1.29 is 9.53 Å². The van der Waals surface area contributed by atoms with Crippen LogP contribution in [0, 0.1) is 5.92 Å². The zero-order valence-electron chi connectivity index (χ0n) is 15.3. The predicted octanol–water partition coefficient (Wildman–Crippen LogP) is 3.95. The van der Waals surface area contributed by atoms with Crippen molar-refractivity contribution in [1.29, 1.82) is 0 Å². The molecule has 134 valence electrons. The SMILES string of the molecule is CC[C@H](NC(=O)[C@@H](N)CC(C)C)c1ccc(OC2CCCC2)cc1. The number of amides is 1. The molecule has 0 heterocycles. The molecule has 1 aliphatic carbocycles. The summed E-state index contributed by atoms with van der Waals surface area (Å²) in [6, 6.07) is 7.67. The Bertz CT molecular complexity index is 507. The molecule has 0 saturated heterocycles. The molecule has 2 atom stereocenters. The maximum Gasteiger partial charge on any atom is 0.237 e. The normalized spacial score (nSPS) is 17.7. The van der Waals surface area contributed by atoms with Gasteiger partial charge in [0.1, 0.15) is 5.75 Å². The molecule has 1 aromatic carbocycles. The van der Waals surface area contributed by atoms with Crippen LogP contribution in [0.5, 0.6) is 5.75 Å². The molecule has 1 saturated carbocycles. The Morgan fingerprint density at radius 1 is 1.25 bits per heavy atom. The lowest BCUT2D eigenvalue weighted by Crippen LogP contribution is -2.42. The van der Waals surface area contributed by atoms with Crippen LogP contribution < -0.4 is 15.8 Å². The third kappa shape index (κ3) is 5.52. The summed E-state index contributed by atoms with van der Waals surface area (Å²) in [6.07, 6.45) is 6.75.